The smallest absolute Gasteiger partial charge is 0.410 e. The van der Waals surface area contributed by atoms with Crippen LogP contribution in [0, 0.1) is 11.8 Å². The van der Waals surface area contributed by atoms with Crippen LogP contribution in [0.5, 0.6) is 0 Å². The number of carbonyl (C=O) groups is 2. The quantitative estimate of drug-likeness (QED) is 0.719. The predicted molar refractivity (Wildman–Crippen MR) is 67.0 cm³/mol. The van der Waals surface area contributed by atoms with E-state index in [4.69, 9.17) is 4.74 Å². The van der Waals surface area contributed by atoms with Crippen LogP contribution in [0.2, 0.25) is 0 Å². The third kappa shape index (κ3) is 2.94. The van der Waals surface area contributed by atoms with Crippen molar-refractivity contribution in [1.29, 1.82) is 0 Å². The molecule has 2 rings (SSSR count). The van der Waals surface area contributed by atoms with Gasteiger partial charge in [0, 0.05) is 19.6 Å². The number of β-lactam (4-membered cyclic amide) rings is 1. The van der Waals surface area contributed by atoms with E-state index in [2.05, 4.69) is 5.32 Å². The highest BCUT2D eigenvalue weighted by Crippen LogP contribution is 2.28. The number of hydrogen-bond acceptors (Lipinski definition) is 3. The number of amides is 2. The van der Waals surface area contributed by atoms with E-state index in [9.17, 15) is 9.59 Å². The van der Waals surface area contributed by atoms with Crippen molar-refractivity contribution in [2.24, 2.45) is 11.8 Å². The lowest BCUT2D eigenvalue weighted by Gasteiger charge is -2.39. The molecule has 0 bridgehead atoms. The molecule has 0 spiro atoms. The molecule has 0 aromatic heterocycles. The average Bonchev–Trinajstić information content (AvgIpc) is 2.25. The second-order valence-electron chi connectivity index (χ2n) is 6.16. The van der Waals surface area contributed by atoms with Crippen molar-refractivity contribution in [1.82, 2.24) is 10.2 Å². The SMILES string of the molecule is CC(C)(C)OC(=O)N1CCC(C2CNC2=O)CC1. The Bertz CT molecular complexity index is 341. The summed E-state index contributed by atoms with van der Waals surface area (Å²) in [5, 5.41) is 2.78. The summed E-state index contributed by atoms with van der Waals surface area (Å²) < 4.78 is 5.34. The van der Waals surface area contributed by atoms with Crippen LogP contribution in [0.1, 0.15) is 33.6 Å². The van der Waals surface area contributed by atoms with E-state index >= 15 is 0 Å². The van der Waals surface area contributed by atoms with Gasteiger partial charge >= 0.3 is 6.09 Å². The molecule has 1 atom stereocenters. The minimum atomic E-state index is -0.443. The van der Waals surface area contributed by atoms with Gasteiger partial charge in [-0.2, -0.15) is 0 Å². The fourth-order valence-electron chi connectivity index (χ4n) is 2.49. The monoisotopic (exact) mass is 254 g/mol. The lowest BCUT2D eigenvalue weighted by atomic mass is 9.80. The highest BCUT2D eigenvalue weighted by Gasteiger charge is 2.38. The number of ether oxygens (including phenoxy) is 1. The second-order valence-corrected chi connectivity index (χ2v) is 6.16. The van der Waals surface area contributed by atoms with Crippen LogP contribution in [0.15, 0.2) is 0 Å². The van der Waals surface area contributed by atoms with Gasteiger partial charge in [-0.25, -0.2) is 4.79 Å². The Morgan fingerprint density at radius 1 is 1.33 bits per heavy atom. The molecular formula is C13H22N2O3. The van der Waals surface area contributed by atoms with Gasteiger partial charge in [-0.3, -0.25) is 4.79 Å². The maximum Gasteiger partial charge on any atom is 0.410 e. The molecule has 5 nitrogen and oxygen atoms in total. The molecule has 2 amide bonds. The van der Waals surface area contributed by atoms with Gasteiger partial charge in [-0.15, -0.1) is 0 Å². The van der Waals surface area contributed by atoms with Crippen molar-refractivity contribution in [2.45, 2.75) is 39.2 Å². The molecule has 102 valence electrons. The highest BCUT2D eigenvalue weighted by molar-refractivity contribution is 5.84. The summed E-state index contributed by atoms with van der Waals surface area (Å²) in [4.78, 5) is 24.9. The van der Waals surface area contributed by atoms with E-state index in [0.717, 1.165) is 19.4 Å². The van der Waals surface area contributed by atoms with Crippen molar-refractivity contribution in [3.63, 3.8) is 0 Å². The molecule has 1 N–H and O–H groups in total. The molecule has 2 fully saturated rings. The van der Waals surface area contributed by atoms with Gasteiger partial charge in [0.2, 0.25) is 5.91 Å². The van der Waals surface area contributed by atoms with E-state index < -0.39 is 5.60 Å². The van der Waals surface area contributed by atoms with E-state index in [1.165, 1.54) is 0 Å². The number of nitrogens with zero attached hydrogens (tertiary/aromatic N) is 1. The number of likely N-dealkylation sites (tertiary alicyclic amines) is 1. The Hall–Kier alpha value is -1.26. The normalized spacial score (nSPS) is 25.4. The summed E-state index contributed by atoms with van der Waals surface area (Å²) >= 11 is 0. The van der Waals surface area contributed by atoms with Crippen LogP contribution in [0.4, 0.5) is 4.79 Å². The maximum absolute atomic E-state index is 11.9. The summed E-state index contributed by atoms with van der Waals surface area (Å²) in [7, 11) is 0. The molecule has 2 aliphatic heterocycles. The fraction of sp³-hybridized carbons (Fsp3) is 0.846. The lowest BCUT2D eigenvalue weighted by Crippen LogP contribution is -2.54. The molecule has 5 heteroatoms. The molecule has 0 aliphatic carbocycles. The molecule has 2 saturated heterocycles. The zero-order chi connectivity index (χ0) is 13.3. The van der Waals surface area contributed by atoms with Gasteiger partial charge in [0.15, 0.2) is 0 Å². The first kappa shape index (κ1) is 13.2. The third-order valence-corrected chi connectivity index (χ3v) is 3.59. The third-order valence-electron chi connectivity index (χ3n) is 3.59. The van der Waals surface area contributed by atoms with Gasteiger partial charge in [-0.1, -0.05) is 0 Å². The van der Waals surface area contributed by atoms with Gasteiger partial charge in [0.05, 0.1) is 5.92 Å². The Morgan fingerprint density at radius 3 is 2.33 bits per heavy atom. The first-order chi connectivity index (χ1) is 8.37. The largest absolute Gasteiger partial charge is 0.444 e. The van der Waals surface area contributed by atoms with Crippen LogP contribution in [-0.4, -0.2) is 42.1 Å². The van der Waals surface area contributed by atoms with E-state index in [0.29, 0.717) is 19.0 Å². The van der Waals surface area contributed by atoms with Crippen LogP contribution >= 0.6 is 0 Å². The van der Waals surface area contributed by atoms with E-state index in [1.54, 1.807) is 4.90 Å². The number of rotatable bonds is 1. The molecule has 2 heterocycles. The zero-order valence-electron chi connectivity index (χ0n) is 11.4. The van der Waals surface area contributed by atoms with Gasteiger partial charge in [-0.05, 0) is 39.5 Å². The van der Waals surface area contributed by atoms with Crippen LogP contribution in [-0.2, 0) is 9.53 Å². The number of carbonyl (C=O) groups excluding carboxylic acids is 2. The first-order valence-electron chi connectivity index (χ1n) is 6.62. The standard InChI is InChI=1S/C13H22N2O3/c1-13(2,3)18-12(17)15-6-4-9(5-7-15)10-8-14-11(10)16/h9-10H,4-8H2,1-3H3,(H,14,16). The number of hydrogen-bond donors (Lipinski definition) is 1. The van der Waals surface area contributed by atoms with Crippen LogP contribution < -0.4 is 5.32 Å². The zero-order valence-corrected chi connectivity index (χ0v) is 11.4. The maximum atomic E-state index is 11.9. The average molecular weight is 254 g/mol. The first-order valence-corrected chi connectivity index (χ1v) is 6.62. The predicted octanol–water partition coefficient (Wildman–Crippen LogP) is 1.38. The van der Waals surface area contributed by atoms with Gasteiger partial charge in [0.1, 0.15) is 5.60 Å². The van der Waals surface area contributed by atoms with Crippen LogP contribution in [0.25, 0.3) is 0 Å². The van der Waals surface area contributed by atoms with Crippen molar-refractivity contribution in [2.75, 3.05) is 19.6 Å². The Kier molecular flexibility index (Phi) is 3.50. The molecule has 1 unspecified atom stereocenters. The summed E-state index contributed by atoms with van der Waals surface area (Å²) in [6.45, 7) is 7.81. The fourth-order valence-corrected chi connectivity index (χ4v) is 2.49. The van der Waals surface area contributed by atoms with Gasteiger partial charge < -0.3 is 15.0 Å². The molecule has 0 radical (unpaired) electrons. The Morgan fingerprint density at radius 2 is 1.94 bits per heavy atom. The Labute approximate surface area is 108 Å². The van der Waals surface area contributed by atoms with Crippen molar-refractivity contribution >= 4 is 12.0 Å². The minimum Gasteiger partial charge on any atom is -0.444 e. The van der Waals surface area contributed by atoms with Crippen molar-refractivity contribution < 1.29 is 14.3 Å². The molecule has 2 aliphatic rings. The van der Waals surface area contributed by atoms with E-state index in [1.807, 2.05) is 20.8 Å². The molecule has 0 aromatic carbocycles. The van der Waals surface area contributed by atoms with Crippen LogP contribution in [0.3, 0.4) is 0 Å². The summed E-state index contributed by atoms with van der Waals surface area (Å²) in [5.41, 5.74) is -0.443. The lowest BCUT2D eigenvalue weighted by molar-refractivity contribution is -0.134. The topological polar surface area (TPSA) is 58.6 Å². The molecular weight excluding hydrogens is 232 g/mol. The minimum absolute atomic E-state index is 0.172. The molecule has 0 saturated carbocycles. The highest BCUT2D eigenvalue weighted by atomic mass is 16.6. The summed E-state index contributed by atoms with van der Waals surface area (Å²) in [6, 6.07) is 0. The second kappa shape index (κ2) is 4.78. The number of piperidine rings is 1. The molecule has 18 heavy (non-hydrogen) atoms. The van der Waals surface area contributed by atoms with E-state index in [-0.39, 0.29) is 17.9 Å². The number of nitrogens with one attached hydrogen (secondary N) is 1. The summed E-state index contributed by atoms with van der Waals surface area (Å²) in [5.74, 6) is 0.772. The summed E-state index contributed by atoms with van der Waals surface area (Å²) in [6.07, 6.45) is 1.56. The van der Waals surface area contributed by atoms with Crippen molar-refractivity contribution in [3.05, 3.63) is 0 Å². The van der Waals surface area contributed by atoms with Crippen molar-refractivity contribution in [3.8, 4) is 0 Å². The molecule has 0 aromatic rings. The Balaban J connectivity index is 1.79. The van der Waals surface area contributed by atoms with Gasteiger partial charge in [0.25, 0.3) is 0 Å².